The van der Waals surface area contributed by atoms with Crippen LogP contribution in [0.25, 0.3) is 5.69 Å². The van der Waals surface area contributed by atoms with Crippen LogP contribution in [0, 0.1) is 5.82 Å². The van der Waals surface area contributed by atoms with Gasteiger partial charge >= 0.3 is 0 Å². The molecule has 0 aliphatic heterocycles. The molecule has 0 unspecified atom stereocenters. The van der Waals surface area contributed by atoms with Crippen LogP contribution in [0.1, 0.15) is 5.69 Å². The Kier molecular flexibility index (Phi) is 3.26. The number of aromatic amines is 1. The first-order valence-corrected chi connectivity index (χ1v) is 7.58. The summed E-state index contributed by atoms with van der Waals surface area (Å²) in [6.45, 7) is 0. The standard InChI is InChI=1S/C12H10FN5O2S/c13-9-1-3-11(4-2-9)18-6-5-10(17-18)7-21(19,20)12-14-8-15-16-12/h1-6,8H,7H2,(H,14,15,16). The molecule has 0 spiro atoms. The van der Waals surface area contributed by atoms with Crippen LogP contribution >= 0.6 is 0 Å². The molecule has 0 bridgehead atoms. The third-order valence-corrected chi connectivity index (χ3v) is 4.22. The molecule has 21 heavy (non-hydrogen) atoms. The first kappa shape index (κ1) is 13.4. The minimum absolute atomic E-state index is 0.196. The Labute approximate surface area is 119 Å². The summed E-state index contributed by atoms with van der Waals surface area (Å²) < 4.78 is 38.4. The van der Waals surface area contributed by atoms with Gasteiger partial charge in [-0.25, -0.2) is 22.5 Å². The fraction of sp³-hybridized carbons (Fsp3) is 0.0833. The van der Waals surface area contributed by atoms with Crippen molar-refractivity contribution in [2.45, 2.75) is 10.9 Å². The minimum Gasteiger partial charge on any atom is -0.250 e. The van der Waals surface area contributed by atoms with Crippen molar-refractivity contribution in [3.8, 4) is 5.69 Å². The first-order valence-electron chi connectivity index (χ1n) is 5.93. The zero-order valence-electron chi connectivity index (χ0n) is 10.6. The molecular weight excluding hydrogens is 297 g/mol. The average molecular weight is 307 g/mol. The van der Waals surface area contributed by atoms with Gasteiger partial charge in [0.05, 0.1) is 11.4 Å². The van der Waals surface area contributed by atoms with Gasteiger partial charge in [0.2, 0.25) is 15.0 Å². The summed E-state index contributed by atoms with van der Waals surface area (Å²) in [4.78, 5) is 3.63. The highest BCUT2D eigenvalue weighted by Crippen LogP contribution is 2.13. The number of sulfone groups is 1. The van der Waals surface area contributed by atoms with E-state index in [1.165, 1.54) is 16.8 Å². The Hall–Kier alpha value is -2.55. The van der Waals surface area contributed by atoms with Gasteiger partial charge in [-0.2, -0.15) is 10.2 Å². The molecule has 9 heteroatoms. The number of H-pyrrole nitrogens is 1. The van der Waals surface area contributed by atoms with Crippen molar-refractivity contribution >= 4 is 9.84 Å². The van der Waals surface area contributed by atoms with Gasteiger partial charge in [-0.05, 0) is 30.3 Å². The lowest BCUT2D eigenvalue weighted by Crippen LogP contribution is -2.08. The van der Waals surface area contributed by atoms with Gasteiger partial charge < -0.3 is 0 Å². The highest BCUT2D eigenvalue weighted by Gasteiger charge is 2.20. The van der Waals surface area contributed by atoms with Gasteiger partial charge in [-0.1, -0.05) is 0 Å². The summed E-state index contributed by atoms with van der Waals surface area (Å²) >= 11 is 0. The van der Waals surface area contributed by atoms with Crippen molar-refractivity contribution in [2.75, 3.05) is 0 Å². The highest BCUT2D eigenvalue weighted by atomic mass is 32.2. The second-order valence-corrected chi connectivity index (χ2v) is 6.18. The van der Waals surface area contributed by atoms with Crippen LogP contribution in [0.15, 0.2) is 48.0 Å². The van der Waals surface area contributed by atoms with Crippen molar-refractivity contribution in [2.24, 2.45) is 0 Å². The van der Waals surface area contributed by atoms with E-state index in [0.717, 1.165) is 6.33 Å². The van der Waals surface area contributed by atoms with Gasteiger partial charge in [0.1, 0.15) is 17.9 Å². The number of hydrogen-bond acceptors (Lipinski definition) is 5. The van der Waals surface area contributed by atoms with Crippen molar-refractivity contribution in [3.63, 3.8) is 0 Å². The van der Waals surface area contributed by atoms with E-state index < -0.39 is 9.84 Å². The van der Waals surface area contributed by atoms with E-state index in [1.54, 1.807) is 24.4 Å². The van der Waals surface area contributed by atoms with Crippen LogP contribution in [0.5, 0.6) is 0 Å². The quantitative estimate of drug-likeness (QED) is 0.779. The molecule has 0 radical (unpaired) electrons. The van der Waals surface area contributed by atoms with Gasteiger partial charge in [-0.3, -0.25) is 5.10 Å². The summed E-state index contributed by atoms with van der Waals surface area (Å²) in [6, 6.07) is 7.30. The van der Waals surface area contributed by atoms with Crippen LogP contribution in [-0.2, 0) is 15.6 Å². The summed E-state index contributed by atoms with van der Waals surface area (Å²) in [5.74, 6) is -0.643. The molecule has 3 aromatic rings. The van der Waals surface area contributed by atoms with E-state index in [0.29, 0.717) is 11.4 Å². The van der Waals surface area contributed by atoms with Gasteiger partial charge in [0, 0.05) is 6.20 Å². The van der Waals surface area contributed by atoms with E-state index in [1.807, 2.05) is 0 Å². The van der Waals surface area contributed by atoms with Gasteiger partial charge in [-0.15, -0.1) is 0 Å². The molecule has 0 fully saturated rings. The number of hydrogen-bond donors (Lipinski definition) is 1. The molecule has 0 amide bonds. The monoisotopic (exact) mass is 307 g/mol. The Bertz CT molecular complexity index is 840. The summed E-state index contributed by atoms with van der Waals surface area (Å²) in [7, 11) is -3.61. The highest BCUT2D eigenvalue weighted by molar-refractivity contribution is 7.90. The Balaban J connectivity index is 1.84. The zero-order chi connectivity index (χ0) is 14.9. The maximum absolute atomic E-state index is 12.9. The number of aromatic nitrogens is 5. The van der Waals surface area contributed by atoms with E-state index in [-0.39, 0.29) is 16.7 Å². The molecule has 1 aromatic carbocycles. The van der Waals surface area contributed by atoms with Crippen molar-refractivity contribution in [1.82, 2.24) is 25.0 Å². The van der Waals surface area contributed by atoms with Crippen LogP contribution in [0.2, 0.25) is 0 Å². The number of halogens is 1. The van der Waals surface area contributed by atoms with E-state index in [9.17, 15) is 12.8 Å². The van der Waals surface area contributed by atoms with Crippen molar-refractivity contribution in [1.29, 1.82) is 0 Å². The number of nitrogens with zero attached hydrogens (tertiary/aromatic N) is 4. The van der Waals surface area contributed by atoms with Crippen molar-refractivity contribution in [3.05, 3.63) is 54.4 Å². The minimum atomic E-state index is -3.61. The van der Waals surface area contributed by atoms with Gasteiger partial charge in [0.15, 0.2) is 0 Å². The molecule has 0 saturated heterocycles. The average Bonchev–Trinajstić information content (AvgIpc) is 3.10. The van der Waals surface area contributed by atoms with E-state index >= 15 is 0 Å². The lowest BCUT2D eigenvalue weighted by molar-refractivity contribution is 0.586. The summed E-state index contributed by atoms with van der Waals surface area (Å²) in [6.07, 6.45) is 2.74. The van der Waals surface area contributed by atoms with E-state index in [4.69, 9.17) is 0 Å². The molecule has 2 heterocycles. The maximum atomic E-state index is 12.9. The SMILES string of the molecule is O=S(=O)(Cc1ccn(-c2ccc(F)cc2)n1)c1ncn[nH]1. The normalized spacial score (nSPS) is 11.7. The van der Waals surface area contributed by atoms with Crippen LogP contribution < -0.4 is 0 Å². The predicted octanol–water partition coefficient (Wildman–Crippen LogP) is 1.10. The zero-order valence-corrected chi connectivity index (χ0v) is 11.5. The Morgan fingerprint density at radius 3 is 2.62 bits per heavy atom. The topological polar surface area (TPSA) is 93.5 Å². The number of rotatable bonds is 4. The van der Waals surface area contributed by atoms with Crippen LogP contribution in [0.4, 0.5) is 4.39 Å². The van der Waals surface area contributed by atoms with Crippen LogP contribution in [0.3, 0.4) is 0 Å². The lowest BCUT2D eigenvalue weighted by atomic mass is 10.3. The molecule has 0 aliphatic rings. The van der Waals surface area contributed by atoms with Gasteiger partial charge in [0.25, 0.3) is 0 Å². The first-order chi connectivity index (χ1) is 10.0. The van der Waals surface area contributed by atoms with Crippen LogP contribution in [-0.4, -0.2) is 33.4 Å². The molecular formula is C12H10FN5O2S. The lowest BCUT2D eigenvalue weighted by Gasteiger charge is -2.01. The molecule has 3 rings (SSSR count). The molecule has 0 saturated carbocycles. The van der Waals surface area contributed by atoms with Crippen molar-refractivity contribution < 1.29 is 12.8 Å². The second-order valence-electron chi connectivity index (χ2n) is 4.28. The summed E-state index contributed by atoms with van der Waals surface area (Å²) in [5.41, 5.74) is 0.996. The third kappa shape index (κ3) is 2.82. The molecule has 0 aliphatic carbocycles. The molecule has 108 valence electrons. The maximum Gasteiger partial charge on any atom is 0.243 e. The van der Waals surface area contributed by atoms with E-state index in [2.05, 4.69) is 20.3 Å². The Morgan fingerprint density at radius 1 is 1.19 bits per heavy atom. The molecule has 0 atom stereocenters. The second kappa shape index (κ2) is 5.09. The smallest absolute Gasteiger partial charge is 0.243 e. The summed E-state index contributed by atoms with van der Waals surface area (Å²) in [5, 5.41) is 9.79. The molecule has 1 N–H and O–H groups in total. The number of nitrogens with one attached hydrogen (secondary N) is 1. The molecule has 7 nitrogen and oxygen atoms in total. The molecule has 2 aromatic heterocycles. The largest absolute Gasteiger partial charge is 0.250 e. The predicted molar refractivity (Wildman–Crippen MR) is 70.8 cm³/mol. The fourth-order valence-electron chi connectivity index (χ4n) is 1.78. The third-order valence-electron chi connectivity index (χ3n) is 2.76. The number of benzene rings is 1. The fourth-order valence-corrected chi connectivity index (χ4v) is 2.86. The Morgan fingerprint density at radius 2 is 1.95 bits per heavy atom.